The molecule has 0 saturated carbocycles. The van der Waals surface area contributed by atoms with Gasteiger partial charge in [0, 0.05) is 19.8 Å². The van der Waals surface area contributed by atoms with Crippen LogP contribution in [0.5, 0.6) is 11.5 Å². The molecule has 0 aliphatic rings. The normalized spacial score (nSPS) is 12.2. The lowest BCUT2D eigenvalue weighted by Crippen LogP contribution is -2.36. The minimum atomic E-state index is -4.40. The maximum Gasteiger partial charge on any atom is 0.416 e. The van der Waals surface area contributed by atoms with Crippen molar-refractivity contribution in [2.24, 2.45) is 10.1 Å². The van der Waals surface area contributed by atoms with Crippen LogP contribution in [-0.2, 0) is 28.8 Å². The van der Waals surface area contributed by atoms with Crippen LogP contribution in [0, 0.1) is 0 Å². The predicted molar refractivity (Wildman–Crippen MR) is 152 cm³/mol. The molecule has 0 aliphatic carbocycles. The van der Waals surface area contributed by atoms with E-state index in [1.807, 2.05) is 35.2 Å². The second kappa shape index (κ2) is 14.5. The number of alkyl halides is 3. The van der Waals surface area contributed by atoms with E-state index in [1.54, 1.807) is 38.1 Å². The molecule has 0 heterocycles. The van der Waals surface area contributed by atoms with Gasteiger partial charge in [-0.05, 0) is 74.7 Å². The molecule has 10 heteroatoms. The third-order valence-electron chi connectivity index (χ3n) is 6.27. The molecule has 0 saturated heterocycles. The van der Waals surface area contributed by atoms with Gasteiger partial charge >= 0.3 is 6.18 Å². The third-order valence-corrected chi connectivity index (χ3v) is 6.27. The molecule has 0 bridgehead atoms. The highest BCUT2D eigenvalue weighted by atomic mass is 19.4. The fourth-order valence-electron chi connectivity index (χ4n) is 3.65. The number of nitrogens with zero attached hydrogens (tertiary/aromatic N) is 3. The van der Waals surface area contributed by atoms with Crippen LogP contribution in [0.25, 0.3) is 0 Å². The van der Waals surface area contributed by atoms with Crippen LogP contribution in [0.2, 0.25) is 0 Å². The van der Waals surface area contributed by atoms with Gasteiger partial charge in [-0.25, -0.2) is 4.99 Å². The zero-order valence-electron chi connectivity index (χ0n) is 23.4. The Labute approximate surface area is 238 Å². The second-order valence-corrected chi connectivity index (χ2v) is 9.83. The summed E-state index contributed by atoms with van der Waals surface area (Å²) in [4.78, 5) is 23.4. The molecule has 7 nitrogen and oxygen atoms in total. The summed E-state index contributed by atoms with van der Waals surface area (Å²) >= 11 is 0. The lowest BCUT2D eigenvalue weighted by atomic mass is 10.1. The van der Waals surface area contributed by atoms with Crippen LogP contribution in [-0.4, -0.2) is 48.7 Å². The average Bonchev–Trinajstić information content (AvgIpc) is 2.94. The van der Waals surface area contributed by atoms with Gasteiger partial charge in [0.15, 0.2) is 18.0 Å². The summed E-state index contributed by atoms with van der Waals surface area (Å²) in [5, 5.41) is 3.46. The van der Waals surface area contributed by atoms with Crippen molar-refractivity contribution in [1.29, 1.82) is 0 Å². The highest BCUT2D eigenvalue weighted by molar-refractivity contribution is 5.84. The van der Waals surface area contributed by atoms with Crippen molar-refractivity contribution in [3.63, 3.8) is 0 Å². The van der Waals surface area contributed by atoms with E-state index in [2.05, 4.69) is 16.9 Å². The van der Waals surface area contributed by atoms with Crippen molar-refractivity contribution in [3.8, 4) is 11.5 Å². The minimum absolute atomic E-state index is 0.0230. The number of hydrogen-bond acceptors (Lipinski definition) is 7. The van der Waals surface area contributed by atoms with E-state index in [-0.39, 0.29) is 25.0 Å². The first kappa shape index (κ1) is 31.3. The van der Waals surface area contributed by atoms with Crippen molar-refractivity contribution in [2.75, 3.05) is 19.8 Å². The highest BCUT2D eigenvalue weighted by Crippen LogP contribution is 2.29. The van der Waals surface area contributed by atoms with E-state index >= 15 is 0 Å². The summed E-state index contributed by atoms with van der Waals surface area (Å²) < 4.78 is 50.6. The first-order valence-electron chi connectivity index (χ1n) is 13.0. The maximum absolute atomic E-state index is 13.0. The molecular weight excluding hydrogens is 535 g/mol. The van der Waals surface area contributed by atoms with Crippen molar-refractivity contribution < 1.29 is 32.3 Å². The number of oxime groups is 1. The SMILES string of the molecule is C=NO/C(COc1ccccc1)=N\CN(CCc1ccc(OC(C)(C)C(C)=O)cc1)Cc1ccc(C(F)(F)F)cc1. The predicted octanol–water partition coefficient (Wildman–Crippen LogP) is 6.56. The van der Waals surface area contributed by atoms with Gasteiger partial charge in [-0.1, -0.05) is 47.6 Å². The number of para-hydroxylation sites is 1. The Hall–Kier alpha value is -4.18. The molecule has 3 aromatic rings. The number of ether oxygens (including phenoxy) is 2. The average molecular weight is 570 g/mol. The van der Waals surface area contributed by atoms with Gasteiger partial charge < -0.3 is 14.3 Å². The lowest BCUT2D eigenvalue weighted by Gasteiger charge is -2.23. The van der Waals surface area contributed by atoms with Crippen LogP contribution in [0.15, 0.2) is 89.0 Å². The second-order valence-electron chi connectivity index (χ2n) is 9.83. The molecule has 3 rings (SSSR count). The van der Waals surface area contributed by atoms with Crippen LogP contribution in [0.1, 0.15) is 37.5 Å². The van der Waals surface area contributed by atoms with Gasteiger partial charge in [-0.2, -0.15) is 13.2 Å². The zero-order valence-corrected chi connectivity index (χ0v) is 23.4. The van der Waals surface area contributed by atoms with E-state index in [1.165, 1.54) is 19.1 Å². The Kier molecular flexibility index (Phi) is 11.0. The Morgan fingerprint density at radius 2 is 1.54 bits per heavy atom. The highest BCUT2D eigenvalue weighted by Gasteiger charge is 2.30. The summed E-state index contributed by atoms with van der Waals surface area (Å²) in [7, 11) is 0. The fourth-order valence-corrected chi connectivity index (χ4v) is 3.65. The van der Waals surface area contributed by atoms with Gasteiger partial charge in [-0.3, -0.25) is 9.69 Å². The topological polar surface area (TPSA) is 72.7 Å². The summed E-state index contributed by atoms with van der Waals surface area (Å²) in [6.45, 7) is 9.36. The molecule has 0 fully saturated rings. The molecule has 0 aliphatic heterocycles. The van der Waals surface area contributed by atoms with Crippen LogP contribution >= 0.6 is 0 Å². The molecular formula is C31H34F3N3O4. The Morgan fingerprint density at radius 1 is 0.902 bits per heavy atom. The standard InChI is InChI=1S/C31H34F3N3O4/c1-23(38)30(2,3)40-28-16-12-24(13-17-28)18-19-37(20-25-10-14-26(15-11-25)31(32,33)34)22-36-29(41-35-4)21-39-27-8-6-5-7-9-27/h5-17H,4,18-22H2,1-3H3/b36-29-. The van der Waals surface area contributed by atoms with Gasteiger partial charge in [0.1, 0.15) is 11.5 Å². The van der Waals surface area contributed by atoms with Gasteiger partial charge in [0.2, 0.25) is 0 Å². The van der Waals surface area contributed by atoms with Gasteiger partial charge in [-0.15, -0.1) is 0 Å². The minimum Gasteiger partial charge on any atom is -0.484 e. The van der Waals surface area contributed by atoms with Crippen molar-refractivity contribution in [1.82, 2.24) is 4.90 Å². The maximum atomic E-state index is 13.0. The first-order chi connectivity index (χ1) is 19.5. The van der Waals surface area contributed by atoms with E-state index in [4.69, 9.17) is 14.3 Å². The number of aliphatic imine (C=N–C) groups is 1. The molecule has 0 N–H and O–H groups in total. The van der Waals surface area contributed by atoms with E-state index < -0.39 is 17.3 Å². The monoisotopic (exact) mass is 569 g/mol. The number of halogens is 3. The van der Waals surface area contributed by atoms with Crippen LogP contribution in [0.3, 0.4) is 0 Å². The fraction of sp³-hybridized carbons (Fsp3) is 0.323. The van der Waals surface area contributed by atoms with Gasteiger partial charge in [0.05, 0.1) is 12.2 Å². The quantitative estimate of drug-likeness (QED) is 0.125. The summed E-state index contributed by atoms with van der Waals surface area (Å²) in [6.07, 6.45) is -3.77. The van der Waals surface area contributed by atoms with Gasteiger partial charge in [0.25, 0.3) is 5.90 Å². The molecule has 0 unspecified atom stereocenters. The lowest BCUT2D eigenvalue weighted by molar-refractivity contribution is -0.137. The van der Waals surface area contributed by atoms with Crippen LogP contribution in [0.4, 0.5) is 13.2 Å². The first-order valence-corrected chi connectivity index (χ1v) is 13.0. The number of ketones is 1. The van der Waals surface area contributed by atoms with Crippen molar-refractivity contribution >= 4 is 18.4 Å². The van der Waals surface area contributed by atoms with E-state index in [0.717, 1.165) is 17.7 Å². The largest absolute Gasteiger partial charge is 0.484 e. The molecule has 0 spiro atoms. The molecule has 0 amide bonds. The number of rotatable bonds is 14. The number of benzene rings is 3. The number of carbonyl (C=O) groups is 1. The molecule has 218 valence electrons. The molecule has 0 atom stereocenters. The zero-order chi connectivity index (χ0) is 29.9. The third kappa shape index (κ3) is 10.4. The Morgan fingerprint density at radius 3 is 2.12 bits per heavy atom. The summed E-state index contributed by atoms with van der Waals surface area (Å²) in [5.74, 6) is 1.34. The van der Waals surface area contributed by atoms with Crippen molar-refractivity contribution in [2.45, 2.75) is 45.5 Å². The smallest absolute Gasteiger partial charge is 0.416 e. The number of carbonyl (C=O) groups excluding carboxylic acids is 1. The summed E-state index contributed by atoms with van der Waals surface area (Å²) in [5.41, 5.74) is 0.0820. The number of hydrogen-bond donors (Lipinski definition) is 0. The Bertz CT molecular complexity index is 1290. The molecule has 41 heavy (non-hydrogen) atoms. The van der Waals surface area contributed by atoms with E-state index in [9.17, 15) is 18.0 Å². The molecule has 0 aromatic heterocycles. The molecule has 3 aromatic carbocycles. The van der Waals surface area contributed by atoms with Crippen molar-refractivity contribution in [3.05, 3.63) is 95.6 Å². The number of Topliss-reactive ketones (excluding diaryl/α,β-unsaturated/α-hetero) is 1. The van der Waals surface area contributed by atoms with E-state index in [0.29, 0.717) is 36.6 Å². The summed E-state index contributed by atoms with van der Waals surface area (Å²) in [6, 6.07) is 21.7. The Balaban J connectivity index is 1.71. The van der Waals surface area contributed by atoms with Crippen LogP contribution < -0.4 is 9.47 Å². The molecule has 0 radical (unpaired) electrons.